The fourth-order valence-electron chi connectivity index (χ4n) is 4.02. The largest absolute Gasteiger partial charge is 0.344 e. The lowest BCUT2D eigenvalue weighted by atomic mass is 9.77. The molecule has 2 aromatic rings. The Bertz CT molecular complexity index is 1210. The number of halogens is 1. The fraction of sp³-hybridized carbons (Fsp3) is 0.318. The van der Waals surface area contributed by atoms with E-state index in [1.807, 2.05) is 0 Å². The van der Waals surface area contributed by atoms with Crippen LogP contribution in [0.2, 0.25) is 0 Å². The summed E-state index contributed by atoms with van der Waals surface area (Å²) in [5, 5.41) is 3.37. The summed E-state index contributed by atoms with van der Waals surface area (Å²) < 4.78 is 40.7. The maximum atomic E-state index is 13.1. The summed E-state index contributed by atoms with van der Waals surface area (Å²) in [6.45, 7) is 2.08. The number of hydrogen-bond donors (Lipinski definition) is 3. The van der Waals surface area contributed by atoms with Gasteiger partial charge in [0.1, 0.15) is 11.4 Å². The molecule has 0 atom stereocenters. The van der Waals surface area contributed by atoms with E-state index in [-0.39, 0.29) is 16.1 Å². The number of urea groups is 1. The molecule has 1 saturated heterocycles. The van der Waals surface area contributed by atoms with Crippen LogP contribution < -0.4 is 15.5 Å². The molecule has 11 heteroatoms. The lowest BCUT2D eigenvalue weighted by Crippen LogP contribution is -2.51. The first kappa shape index (κ1) is 22.7. The van der Waals surface area contributed by atoms with E-state index in [4.69, 9.17) is 0 Å². The van der Waals surface area contributed by atoms with Crippen LogP contribution in [0.15, 0.2) is 53.4 Å². The van der Waals surface area contributed by atoms with Crippen molar-refractivity contribution in [2.45, 2.75) is 43.0 Å². The zero-order chi connectivity index (χ0) is 23.8. The van der Waals surface area contributed by atoms with E-state index in [9.17, 15) is 27.2 Å². The number of imide groups is 1. The molecule has 1 spiro atoms. The van der Waals surface area contributed by atoms with Crippen molar-refractivity contribution in [1.29, 1.82) is 0 Å². The first-order valence-corrected chi connectivity index (χ1v) is 11.9. The number of rotatable bonds is 5. The summed E-state index contributed by atoms with van der Waals surface area (Å²) in [6, 6.07) is 9.17. The van der Waals surface area contributed by atoms with E-state index in [0.717, 1.165) is 31.0 Å². The predicted octanol–water partition coefficient (Wildman–Crippen LogP) is 2.77. The van der Waals surface area contributed by atoms with Gasteiger partial charge in [-0.05, 0) is 74.1 Å². The van der Waals surface area contributed by atoms with Gasteiger partial charge in [0.05, 0.1) is 4.90 Å². The molecule has 2 aliphatic rings. The highest BCUT2D eigenvalue weighted by molar-refractivity contribution is 7.92. The molecule has 9 nitrogen and oxygen atoms in total. The predicted molar refractivity (Wildman–Crippen MR) is 117 cm³/mol. The Labute approximate surface area is 190 Å². The minimum atomic E-state index is -4.07. The molecular weight excluding hydrogens is 451 g/mol. The maximum absolute atomic E-state index is 13.1. The second-order valence-corrected chi connectivity index (χ2v) is 10.1. The Kier molecular flexibility index (Phi) is 5.83. The van der Waals surface area contributed by atoms with E-state index in [0.29, 0.717) is 23.8 Å². The molecule has 1 saturated carbocycles. The number of hydrazine groups is 1. The van der Waals surface area contributed by atoms with Gasteiger partial charge in [-0.1, -0.05) is 13.0 Å². The first-order valence-electron chi connectivity index (χ1n) is 10.5. The number of nitrogens with one attached hydrogen (secondary N) is 3. The number of carbonyl (C=O) groups is 3. The molecule has 2 aromatic carbocycles. The van der Waals surface area contributed by atoms with Crippen molar-refractivity contribution in [1.82, 2.24) is 15.8 Å². The molecule has 174 valence electrons. The highest BCUT2D eigenvalue weighted by Gasteiger charge is 2.52. The molecule has 0 bridgehead atoms. The van der Waals surface area contributed by atoms with Crippen LogP contribution >= 0.6 is 0 Å². The monoisotopic (exact) mass is 474 g/mol. The van der Waals surface area contributed by atoms with Gasteiger partial charge in [0, 0.05) is 11.3 Å². The fourth-order valence-corrected chi connectivity index (χ4v) is 5.12. The van der Waals surface area contributed by atoms with Crippen LogP contribution in [-0.2, 0) is 14.8 Å². The summed E-state index contributed by atoms with van der Waals surface area (Å²) >= 11 is 0. The number of carbonyl (C=O) groups excluding carboxylic acids is 3. The highest BCUT2D eigenvalue weighted by atomic mass is 32.2. The summed E-state index contributed by atoms with van der Waals surface area (Å²) in [5.74, 6) is -1.38. The van der Waals surface area contributed by atoms with Gasteiger partial charge in [0.2, 0.25) is 0 Å². The van der Waals surface area contributed by atoms with Gasteiger partial charge in [-0.2, -0.15) is 5.01 Å². The van der Waals surface area contributed by atoms with Gasteiger partial charge in [-0.3, -0.25) is 19.7 Å². The Morgan fingerprint density at radius 2 is 1.79 bits per heavy atom. The lowest BCUT2D eigenvalue weighted by molar-refractivity contribution is -0.134. The van der Waals surface area contributed by atoms with Crippen LogP contribution in [0.3, 0.4) is 0 Å². The minimum Gasteiger partial charge on any atom is -0.322 e. The third-order valence-corrected chi connectivity index (χ3v) is 7.38. The third kappa shape index (κ3) is 4.54. The number of nitrogens with zero attached hydrogens (tertiary/aromatic N) is 1. The molecule has 3 N–H and O–H groups in total. The van der Waals surface area contributed by atoms with E-state index >= 15 is 0 Å². The van der Waals surface area contributed by atoms with Crippen LogP contribution in [0.4, 0.5) is 14.9 Å². The van der Waals surface area contributed by atoms with Gasteiger partial charge in [0.15, 0.2) is 0 Å². The van der Waals surface area contributed by atoms with Crippen LogP contribution in [0.5, 0.6) is 0 Å². The second kappa shape index (κ2) is 8.47. The minimum absolute atomic E-state index is 0.0594. The van der Waals surface area contributed by atoms with Gasteiger partial charge in [-0.15, -0.1) is 0 Å². The van der Waals surface area contributed by atoms with Crippen LogP contribution in [0, 0.1) is 11.7 Å². The van der Waals surface area contributed by atoms with Crippen LogP contribution in [0.1, 0.15) is 43.0 Å². The van der Waals surface area contributed by atoms with Gasteiger partial charge in [-0.25, -0.2) is 17.6 Å². The Morgan fingerprint density at radius 1 is 1.12 bits per heavy atom. The van der Waals surface area contributed by atoms with Crippen LogP contribution in [0.25, 0.3) is 0 Å². The SMILES string of the molecule is CC1CCC2(CC1)NC(=O)N(NC(=O)c1cccc(S(=O)(=O)Nc3ccc(F)cc3)c1)C2=O. The standard InChI is InChI=1S/C22H23FN4O5S/c1-14-9-11-22(12-10-14)20(29)27(21(30)24-22)25-19(28)15-3-2-4-18(13-15)33(31,32)26-17-7-5-16(23)6-8-17/h2-8,13-14,26H,9-12H2,1H3,(H,24,30)(H,25,28). The second-order valence-electron chi connectivity index (χ2n) is 8.42. The number of benzene rings is 2. The molecule has 1 aliphatic heterocycles. The average molecular weight is 475 g/mol. The average Bonchev–Trinajstić information content (AvgIpc) is 3.01. The van der Waals surface area contributed by atoms with Crippen molar-refractivity contribution in [2.24, 2.45) is 5.92 Å². The Balaban J connectivity index is 1.49. The van der Waals surface area contributed by atoms with Crippen molar-refractivity contribution in [3.05, 3.63) is 59.9 Å². The smallest absolute Gasteiger partial charge is 0.322 e. The van der Waals surface area contributed by atoms with E-state index in [2.05, 4.69) is 22.4 Å². The van der Waals surface area contributed by atoms with Crippen molar-refractivity contribution < 1.29 is 27.2 Å². The van der Waals surface area contributed by atoms with E-state index < -0.39 is 39.2 Å². The third-order valence-electron chi connectivity index (χ3n) is 6.01. The van der Waals surface area contributed by atoms with Crippen LogP contribution in [-0.4, -0.2) is 36.8 Å². The zero-order valence-corrected chi connectivity index (χ0v) is 18.6. The van der Waals surface area contributed by atoms with Crippen molar-refractivity contribution in [3.63, 3.8) is 0 Å². The number of amides is 4. The Morgan fingerprint density at radius 3 is 2.45 bits per heavy atom. The highest BCUT2D eigenvalue weighted by Crippen LogP contribution is 2.35. The molecule has 0 unspecified atom stereocenters. The zero-order valence-electron chi connectivity index (χ0n) is 17.8. The summed E-state index contributed by atoms with van der Waals surface area (Å²) in [7, 11) is -4.07. The van der Waals surface area contributed by atoms with Crippen molar-refractivity contribution >= 4 is 33.6 Å². The number of anilines is 1. The van der Waals surface area contributed by atoms with Gasteiger partial charge >= 0.3 is 6.03 Å². The van der Waals surface area contributed by atoms with Crippen molar-refractivity contribution in [3.8, 4) is 0 Å². The number of sulfonamides is 1. The van der Waals surface area contributed by atoms with Gasteiger partial charge < -0.3 is 5.32 Å². The van der Waals surface area contributed by atoms with Crippen molar-refractivity contribution in [2.75, 3.05) is 4.72 Å². The molecular formula is C22H23FN4O5S. The van der Waals surface area contributed by atoms with Gasteiger partial charge in [0.25, 0.3) is 21.8 Å². The quantitative estimate of drug-likeness (QED) is 0.575. The molecule has 4 rings (SSSR count). The summed E-state index contributed by atoms with van der Waals surface area (Å²) in [4.78, 5) is 37.9. The van der Waals surface area contributed by atoms with E-state index in [1.54, 1.807) is 0 Å². The maximum Gasteiger partial charge on any atom is 0.344 e. The Hall–Kier alpha value is -3.47. The first-order chi connectivity index (χ1) is 15.6. The molecule has 2 fully saturated rings. The molecule has 1 heterocycles. The molecule has 4 amide bonds. The normalized spacial score (nSPS) is 22.8. The summed E-state index contributed by atoms with van der Waals surface area (Å²) in [6.07, 6.45) is 2.56. The molecule has 1 aliphatic carbocycles. The van der Waals surface area contributed by atoms with E-state index in [1.165, 1.54) is 30.3 Å². The summed E-state index contributed by atoms with van der Waals surface area (Å²) in [5.41, 5.74) is 1.37. The lowest BCUT2D eigenvalue weighted by Gasteiger charge is -2.33. The molecule has 0 radical (unpaired) electrons. The molecule has 33 heavy (non-hydrogen) atoms. The number of hydrogen-bond acceptors (Lipinski definition) is 5. The molecule has 0 aromatic heterocycles. The topological polar surface area (TPSA) is 125 Å².